The first-order valence-corrected chi connectivity index (χ1v) is 5.60. The Morgan fingerprint density at radius 2 is 2.11 bits per heavy atom. The topological polar surface area (TPSA) is 62.2 Å². The fourth-order valence-electron chi connectivity index (χ4n) is 1.82. The van der Waals surface area contributed by atoms with Gasteiger partial charge in [0.15, 0.2) is 0 Å². The van der Waals surface area contributed by atoms with Crippen molar-refractivity contribution in [2.45, 2.75) is 13.8 Å². The van der Waals surface area contributed by atoms with Crippen molar-refractivity contribution < 1.29 is 10.0 Å². The van der Waals surface area contributed by atoms with Crippen LogP contribution in [0.4, 0.5) is 0 Å². The lowest BCUT2D eigenvalue weighted by molar-refractivity contribution is -0.124. The third kappa shape index (κ3) is 2.55. The molecule has 4 heteroatoms. The van der Waals surface area contributed by atoms with Crippen molar-refractivity contribution in [3.63, 3.8) is 0 Å². The molecule has 0 aliphatic heterocycles. The number of aromatic nitrogens is 1. The Hall–Kier alpha value is -2.20. The minimum Gasteiger partial charge on any atom is -0.288 e. The summed E-state index contributed by atoms with van der Waals surface area (Å²) in [6, 6.07) is 7.96. The molecule has 1 aromatic heterocycles. The lowest BCUT2D eigenvalue weighted by Gasteiger charge is -2.04. The lowest BCUT2D eigenvalue weighted by Crippen LogP contribution is -2.14. The number of nitrogens with one attached hydrogen (secondary N) is 1. The van der Waals surface area contributed by atoms with Gasteiger partial charge in [0.25, 0.3) is 5.91 Å². The highest BCUT2D eigenvalue weighted by Gasteiger charge is 2.01. The fourth-order valence-corrected chi connectivity index (χ4v) is 1.82. The summed E-state index contributed by atoms with van der Waals surface area (Å²) in [7, 11) is 0. The van der Waals surface area contributed by atoms with Crippen LogP contribution in [-0.4, -0.2) is 16.1 Å². The van der Waals surface area contributed by atoms with Gasteiger partial charge in [-0.1, -0.05) is 11.6 Å². The third-order valence-corrected chi connectivity index (χ3v) is 2.71. The summed E-state index contributed by atoms with van der Waals surface area (Å²) in [5.41, 5.74) is 5.42. The average Bonchev–Trinajstić information content (AvgIpc) is 2.37. The molecule has 0 unspecified atom stereocenters. The van der Waals surface area contributed by atoms with E-state index in [0.717, 1.165) is 16.5 Å². The Kier molecular flexibility index (Phi) is 3.39. The van der Waals surface area contributed by atoms with E-state index in [1.807, 2.05) is 32.0 Å². The maximum absolute atomic E-state index is 10.9. The standard InChI is InChI=1S/C14H14N2O2/c1-9-3-5-13-12(7-9)10(2)8-11(15-13)4-6-14(17)16-18/h3-8,18H,1-2H3,(H,16,17)/b6-4+. The highest BCUT2D eigenvalue weighted by molar-refractivity contribution is 5.91. The number of carbonyl (C=O) groups is 1. The van der Waals surface area contributed by atoms with Crippen LogP contribution in [-0.2, 0) is 4.79 Å². The zero-order valence-electron chi connectivity index (χ0n) is 10.3. The van der Waals surface area contributed by atoms with Gasteiger partial charge in [0.1, 0.15) is 0 Å². The number of hydrogen-bond acceptors (Lipinski definition) is 3. The van der Waals surface area contributed by atoms with Gasteiger partial charge >= 0.3 is 0 Å². The maximum atomic E-state index is 10.9. The lowest BCUT2D eigenvalue weighted by atomic mass is 10.1. The predicted octanol–water partition coefficient (Wildman–Crippen LogP) is 2.37. The van der Waals surface area contributed by atoms with Gasteiger partial charge in [0.2, 0.25) is 0 Å². The molecule has 1 aromatic carbocycles. The van der Waals surface area contributed by atoms with Crippen LogP contribution in [0.15, 0.2) is 30.3 Å². The minimum atomic E-state index is -0.571. The van der Waals surface area contributed by atoms with Crippen molar-refractivity contribution in [1.82, 2.24) is 10.5 Å². The van der Waals surface area contributed by atoms with E-state index in [1.54, 1.807) is 11.6 Å². The summed E-state index contributed by atoms with van der Waals surface area (Å²) in [5.74, 6) is -0.571. The Morgan fingerprint density at radius 3 is 2.83 bits per heavy atom. The molecule has 2 N–H and O–H groups in total. The molecule has 4 nitrogen and oxygen atoms in total. The summed E-state index contributed by atoms with van der Waals surface area (Å²) >= 11 is 0. The number of hydrogen-bond donors (Lipinski definition) is 2. The number of aryl methyl sites for hydroxylation is 2. The Morgan fingerprint density at radius 1 is 1.33 bits per heavy atom. The molecular formula is C14H14N2O2. The van der Waals surface area contributed by atoms with E-state index in [1.165, 1.54) is 11.6 Å². The number of pyridine rings is 1. The first-order valence-electron chi connectivity index (χ1n) is 5.60. The van der Waals surface area contributed by atoms with E-state index in [2.05, 4.69) is 11.1 Å². The van der Waals surface area contributed by atoms with E-state index >= 15 is 0 Å². The number of amides is 1. The van der Waals surface area contributed by atoms with Crippen LogP contribution in [0.1, 0.15) is 16.8 Å². The van der Waals surface area contributed by atoms with Gasteiger partial charge in [-0.3, -0.25) is 10.0 Å². The van der Waals surface area contributed by atoms with Crippen LogP contribution >= 0.6 is 0 Å². The molecule has 2 aromatic rings. The molecule has 1 amide bonds. The van der Waals surface area contributed by atoms with E-state index < -0.39 is 5.91 Å². The van der Waals surface area contributed by atoms with Gasteiger partial charge in [-0.2, -0.15) is 0 Å². The highest BCUT2D eigenvalue weighted by atomic mass is 16.5. The van der Waals surface area contributed by atoms with Crippen LogP contribution < -0.4 is 5.48 Å². The quantitative estimate of drug-likeness (QED) is 0.483. The largest absolute Gasteiger partial charge is 0.288 e. The zero-order chi connectivity index (χ0) is 13.1. The third-order valence-electron chi connectivity index (χ3n) is 2.71. The van der Waals surface area contributed by atoms with Crippen molar-refractivity contribution in [1.29, 1.82) is 0 Å². The van der Waals surface area contributed by atoms with Gasteiger partial charge in [0.05, 0.1) is 11.2 Å². The first-order chi connectivity index (χ1) is 8.60. The Labute approximate surface area is 105 Å². The number of carbonyl (C=O) groups excluding carboxylic acids is 1. The van der Waals surface area contributed by atoms with Crippen molar-refractivity contribution in [2.24, 2.45) is 0 Å². The first kappa shape index (κ1) is 12.3. The highest BCUT2D eigenvalue weighted by Crippen LogP contribution is 2.19. The number of hydroxylamine groups is 1. The van der Waals surface area contributed by atoms with Crippen LogP contribution in [0, 0.1) is 13.8 Å². The predicted molar refractivity (Wildman–Crippen MR) is 70.2 cm³/mol. The molecule has 0 aliphatic carbocycles. The van der Waals surface area contributed by atoms with Crippen LogP contribution in [0.5, 0.6) is 0 Å². The second kappa shape index (κ2) is 4.98. The molecule has 18 heavy (non-hydrogen) atoms. The van der Waals surface area contributed by atoms with E-state index in [-0.39, 0.29) is 0 Å². The Bertz CT molecular complexity index is 633. The summed E-state index contributed by atoms with van der Waals surface area (Å²) in [6.07, 6.45) is 2.81. The van der Waals surface area contributed by atoms with Crippen molar-refractivity contribution >= 4 is 22.9 Å². The number of fused-ring (bicyclic) bond motifs is 1. The van der Waals surface area contributed by atoms with Gasteiger partial charge < -0.3 is 0 Å². The zero-order valence-corrected chi connectivity index (χ0v) is 10.3. The summed E-state index contributed by atoms with van der Waals surface area (Å²) < 4.78 is 0. The van der Waals surface area contributed by atoms with Crippen LogP contribution in [0.2, 0.25) is 0 Å². The minimum absolute atomic E-state index is 0.571. The van der Waals surface area contributed by atoms with Crippen LogP contribution in [0.25, 0.3) is 17.0 Å². The van der Waals surface area contributed by atoms with Gasteiger partial charge in [0, 0.05) is 11.5 Å². The molecule has 0 atom stereocenters. The molecule has 0 radical (unpaired) electrons. The molecule has 0 saturated heterocycles. The van der Waals surface area contributed by atoms with Crippen LogP contribution in [0.3, 0.4) is 0 Å². The van der Waals surface area contributed by atoms with Gasteiger partial charge in [-0.15, -0.1) is 0 Å². The van der Waals surface area contributed by atoms with E-state index in [0.29, 0.717) is 5.69 Å². The van der Waals surface area contributed by atoms with E-state index in [9.17, 15) is 4.79 Å². The van der Waals surface area contributed by atoms with Gasteiger partial charge in [-0.25, -0.2) is 10.5 Å². The molecule has 0 aliphatic rings. The molecule has 0 saturated carbocycles. The summed E-state index contributed by atoms with van der Waals surface area (Å²) in [4.78, 5) is 15.3. The fraction of sp³-hybridized carbons (Fsp3) is 0.143. The monoisotopic (exact) mass is 242 g/mol. The SMILES string of the molecule is Cc1ccc2nc(/C=C/C(=O)NO)cc(C)c2c1. The van der Waals surface area contributed by atoms with Crippen molar-refractivity contribution in [3.05, 3.63) is 47.2 Å². The maximum Gasteiger partial charge on any atom is 0.267 e. The molecule has 0 bridgehead atoms. The molecule has 0 fully saturated rings. The average molecular weight is 242 g/mol. The molecule has 2 rings (SSSR count). The van der Waals surface area contributed by atoms with E-state index in [4.69, 9.17) is 5.21 Å². The second-order valence-corrected chi connectivity index (χ2v) is 4.19. The molecule has 0 spiro atoms. The normalized spacial score (nSPS) is 11.1. The van der Waals surface area contributed by atoms with Crippen molar-refractivity contribution in [2.75, 3.05) is 0 Å². The smallest absolute Gasteiger partial charge is 0.267 e. The molecule has 92 valence electrons. The summed E-state index contributed by atoms with van der Waals surface area (Å²) in [6.45, 7) is 4.05. The number of nitrogens with zero attached hydrogens (tertiary/aromatic N) is 1. The number of rotatable bonds is 2. The molecular weight excluding hydrogens is 228 g/mol. The Balaban J connectivity index is 2.46. The van der Waals surface area contributed by atoms with Gasteiger partial charge in [-0.05, 0) is 43.7 Å². The second-order valence-electron chi connectivity index (χ2n) is 4.19. The molecule has 1 heterocycles. The van der Waals surface area contributed by atoms with Crippen molar-refractivity contribution in [3.8, 4) is 0 Å². The summed E-state index contributed by atoms with van der Waals surface area (Å²) in [5, 5.41) is 9.51. The number of benzene rings is 1.